The van der Waals surface area contributed by atoms with E-state index in [2.05, 4.69) is 5.32 Å². The fraction of sp³-hybridized carbons (Fsp3) is 0.308. The van der Waals surface area contributed by atoms with Crippen LogP contribution >= 0.6 is 22.6 Å². The number of carbonyl (C=O) groups excluding carboxylic acids is 1. The third kappa shape index (κ3) is 4.59. The Hall–Kier alpha value is -0.358. The van der Waals surface area contributed by atoms with Gasteiger partial charge in [0.1, 0.15) is 0 Å². The van der Waals surface area contributed by atoms with Crippen molar-refractivity contribution in [2.75, 3.05) is 6.61 Å². The van der Waals surface area contributed by atoms with Crippen molar-refractivity contribution in [3.8, 4) is 0 Å². The van der Waals surface area contributed by atoms with Crippen LogP contribution in [0.2, 0.25) is 0 Å². The molecule has 2 N–H and O–H groups in total. The molecule has 0 fully saturated rings. The fourth-order valence-electron chi connectivity index (χ4n) is 1.30. The Morgan fingerprint density at radius 3 is 2.70 bits per heavy atom. The van der Waals surface area contributed by atoms with Crippen molar-refractivity contribution in [1.82, 2.24) is 5.32 Å². The molecule has 0 aliphatic heterocycles. The molecule has 0 aliphatic carbocycles. The third-order valence-electron chi connectivity index (χ3n) is 2.48. The first-order valence-electron chi connectivity index (χ1n) is 5.61. The van der Waals surface area contributed by atoms with Gasteiger partial charge in [-0.25, -0.2) is 0 Å². The Kier molecular flexibility index (Phi) is 6.26. The number of halogens is 3. The standard InChI is InChI=1S/C13H13F2INO2.Re/c1-7(5-17-8(2)6-18)13(19)10-3-9(16)4-11(14)12(10)15;/h3-5,17-18H,6H2,1-2H3;. The van der Waals surface area contributed by atoms with Crippen LogP contribution in [-0.2, 0) is 19.2 Å². The number of ketones is 1. The minimum atomic E-state index is -1.15. The molecule has 0 saturated heterocycles. The summed E-state index contributed by atoms with van der Waals surface area (Å²) < 4.78 is 26.8. The maximum absolute atomic E-state index is 13.6. The molecule has 0 amide bonds. The van der Waals surface area contributed by atoms with E-state index in [9.17, 15) is 13.6 Å². The van der Waals surface area contributed by atoms with Crippen molar-refractivity contribution in [3.05, 3.63) is 44.7 Å². The van der Waals surface area contributed by atoms with E-state index in [0.29, 0.717) is 3.57 Å². The Balaban J connectivity index is 3.04. The quantitative estimate of drug-likeness (QED) is 0.250. The van der Waals surface area contributed by atoms with E-state index >= 15 is 0 Å². The van der Waals surface area contributed by atoms with Gasteiger partial charge in [-0.15, -0.1) is 0 Å². The second-order valence-electron chi connectivity index (χ2n) is 4.41. The zero-order valence-corrected chi connectivity index (χ0v) is 15.7. The molecule has 0 aliphatic rings. The molecule has 110 valence electrons. The van der Waals surface area contributed by atoms with E-state index in [1.807, 2.05) is 22.6 Å². The van der Waals surface area contributed by atoms with Crippen LogP contribution in [0.15, 0.2) is 23.9 Å². The summed E-state index contributed by atoms with van der Waals surface area (Å²) in [6, 6.07) is 2.33. The Morgan fingerprint density at radius 2 is 2.15 bits per heavy atom. The van der Waals surface area contributed by atoms with Gasteiger partial charge in [-0.05, 0) is 0 Å². The number of nitrogens with one attached hydrogen (secondary N) is 1. The summed E-state index contributed by atoms with van der Waals surface area (Å²) in [6.07, 6.45) is 1.41. The molecule has 0 bridgehead atoms. The van der Waals surface area contributed by atoms with Crippen LogP contribution in [0.25, 0.3) is 0 Å². The Morgan fingerprint density at radius 1 is 1.55 bits per heavy atom. The van der Waals surface area contributed by atoms with Crippen molar-refractivity contribution in [2.24, 2.45) is 0 Å². The molecule has 7 heteroatoms. The number of hydrogen-bond donors (Lipinski definition) is 2. The average molecular weight is 566 g/mol. The van der Waals surface area contributed by atoms with Crippen LogP contribution in [0.3, 0.4) is 0 Å². The first-order valence-corrected chi connectivity index (χ1v) is 8.05. The number of carbonyl (C=O) groups is 1. The minimum absolute atomic E-state index is 0.103. The molecule has 0 radical (unpaired) electrons. The van der Waals surface area contributed by atoms with Crippen LogP contribution in [0.5, 0.6) is 0 Å². The van der Waals surface area contributed by atoms with E-state index in [4.69, 9.17) is 5.11 Å². The normalized spacial score (nSPS) is 14.8. The molecule has 0 aromatic heterocycles. The third-order valence-corrected chi connectivity index (χ3v) is 3.93. The first kappa shape index (κ1) is 17.7. The number of aliphatic hydroxyl groups excluding tert-OH is 1. The molecule has 3 nitrogen and oxygen atoms in total. The van der Waals surface area contributed by atoms with Crippen molar-refractivity contribution in [2.45, 2.75) is 17.9 Å². The summed E-state index contributed by atoms with van der Waals surface area (Å²) >= 11 is 3.13. The van der Waals surface area contributed by atoms with Gasteiger partial charge >= 0.3 is 141 Å². The molecule has 0 spiro atoms. The van der Waals surface area contributed by atoms with Crippen LogP contribution in [-0.4, -0.2) is 21.5 Å². The van der Waals surface area contributed by atoms with Crippen molar-refractivity contribution >= 4 is 28.4 Å². The number of aliphatic hydroxyl groups is 1. The molecular formula is C13H13F2INO2Re. The van der Waals surface area contributed by atoms with Crippen molar-refractivity contribution < 1.29 is 37.9 Å². The van der Waals surface area contributed by atoms with E-state index in [1.54, 1.807) is 6.92 Å². The van der Waals surface area contributed by atoms with Gasteiger partial charge in [0.15, 0.2) is 0 Å². The molecule has 1 unspecified atom stereocenters. The number of hydrogen-bond acceptors (Lipinski definition) is 3. The van der Waals surface area contributed by atoms with E-state index in [1.165, 1.54) is 38.4 Å². The van der Waals surface area contributed by atoms with Crippen LogP contribution in [0.1, 0.15) is 24.2 Å². The van der Waals surface area contributed by atoms with Gasteiger partial charge in [0.05, 0.1) is 0 Å². The number of allylic oxidation sites excluding steroid dienone is 1. The summed E-state index contributed by atoms with van der Waals surface area (Å²) in [6.45, 7) is 3.17. The number of Topliss-reactive ketones (excluding diaryl/α,β-unsaturated/α-hetero) is 1. The second kappa shape index (κ2) is 7.07. The van der Waals surface area contributed by atoms with Crippen LogP contribution < -0.4 is 5.32 Å². The van der Waals surface area contributed by atoms with Gasteiger partial charge in [0.2, 0.25) is 0 Å². The molecule has 1 rings (SSSR count). The van der Waals surface area contributed by atoms with Gasteiger partial charge in [0, 0.05) is 0 Å². The molecule has 1 aromatic carbocycles. The van der Waals surface area contributed by atoms with Crippen LogP contribution in [0.4, 0.5) is 8.78 Å². The Labute approximate surface area is 140 Å². The molecular weight excluding hydrogens is 553 g/mol. The maximum atomic E-state index is 13.6. The van der Waals surface area contributed by atoms with Gasteiger partial charge in [-0.2, -0.15) is 0 Å². The average Bonchev–Trinajstić information content (AvgIpc) is 2.39. The van der Waals surface area contributed by atoms with Crippen molar-refractivity contribution in [3.63, 3.8) is 0 Å². The number of benzene rings is 1. The van der Waals surface area contributed by atoms with Crippen molar-refractivity contribution in [1.29, 1.82) is 0 Å². The summed E-state index contributed by atoms with van der Waals surface area (Å²) in [5, 5.41) is 12.0. The molecule has 1 aromatic rings. The fourth-order valence-corrected chi connectivity index (χ4v) is 2.08. The SMILES string of the molecule is CC(=CN[C](C)([Re])CO)C(=O)c1cc(I)cc(F)c1F. The predicted octanol–water partition coefficient (Wildman–Crippen LogP) is 2.50. The molecule has 20 heavy (non-hydrogen) atoms. The first-order chi connectivity index (χ1) is 9.18. The van der Waals surface area contributed by atoms with Crippen LogP contribution in [0, 0.1) is 15.2 Å². The molecule has 0 heterocycles. The summed E-state index contributed by atoms with van der Waals surface area (Å²) in [7, 11) is 0. The summed E-state index contributed by atoms with van der Waals surface area (Å²) in [5.41, 5.74) is -0.0573. The predicted molar refractivity (Wildman–Crippen MR) is 75.8 cm³/mol. The van der Waals surface area contributed by atoms with Gasteiger partial charge in [0.25, 0.3) is 0 Å². The van der Waals surface area contributed by atoms with Gasteiger partial charge in [-0.3, -0.25) is 0 Å². The van der Waals surface area contributed by atoms with E-state index in [-0.39, 0.29) is 17.7 Å². The van der Waals surface area contributed by atoms with Gasteiger partial charge < -0.3 is 0 Å². The second-order valence-corrected chi connectivity index (χ2v) is 8.65. The zero-order chi connectivity index (χ0) is 15.5. The molecule has 0 saturated carbocycles. The zero-order valence-electron chi connectivity index (χ0n) is 10.8. The van der Waals surface area contributed by atoms with E-state index < -0.39 is 21.4 Å². The van der Waals surface area contributed by atoms with E-state index in [0.717, 1.165) is 6.07 Å². The summed E-state index contributed by atoms with van der Waals surface area (Å²) in [5.74, 6) is -2.78. The number of rotatable bonds is 5. The topological polar surface area (TPSA) is 49.3 Å². The monoisotopic (exact) mass is 567 g/mol. The van der Waals surface area contributed by atoms with Gasteiger partial charge in [-0.1, -0.05) is 0 Å². The molecule has 1 atom stereocenters. The Bertz CT molecular complexity index is 562. The summed E-state index contributed by atoms with van der Waals surface area (Å²) in [4.78, 5) is 12.1.